The zero-order valence-electron chi connectivity index (χ0n) is 13.7. The van der Waals surface area contributed by atoms with Crippen molar-refractivity contribution in [3.8, 4) is 11.5 Å². The van der Waals surface area contributed by atoms with E-state index in [0.717, 1.165) is 10.2 Å². The minimum absolute atomic E-state index is 0.0962. The molecule has 0 atom stereocenters. The molecule has 0 aliphatic rings. The molecule has 1 N–H and O–H groups in total. The molecular weight excluding hydrogens is 390 g/mol. The zero-order valence-corrected chi connectivity index (χ0v) is 15.2. The smallest absolute Gasteiger partial charge is 0.325 e. The number of amides is 1. The van der Waals surface area contributed by atoms with Gasteiger partial charge in [0, 0.05) is 10.0 Å². The Balaban J connectivity index is 1.63. The SMILES string of the molecule is COc1ccc(OCCOC(=O)CNC(=O)c2ccc(Br)cc2)cc1. The third-order valence-electron chi connectivity index (χ3n) is 3.17. The number of carbonyl (C=O) groups excluding carboxylic acids is 2. The van der Waals surface area contributed by atoms with E-state index in [-0.39, 0.29) is 25.7 Å². The van der Waals surface area contributed by atoms with Crippen LogP contribution in [0.15, 0.2) is 53.0 Å². The molecule has 6 nitrogen and oxygen atoms in total. The quantitative estimate of drug-likeness (QED) is 0.537. The average Bonchev–Trinajstić information content (AvgIpc) is 2.64. The van der Waals surface area contributed by atoms with E-state index in [4.69, 9.17) is 14.2 Å². The molecule has 0 bridgehead atoms. The van der Waals surface area contributed by atoms with Gasteiger partial charge in [-0.1, -0.05) is 15.9 Å². The first-order valence-corrected chi connectivity index (χ1v) is 8.34. The molecule has 0 spiro atoms. The second-order valence-corrected chi connectivity index (χ2v) is 5.85. The van der Waals surface area contributed by atoms with Crippen LogP contribution in [0, 0.1) is 0 Å². The number of ether oxygens (including phenoxy) is 3. The fourth-order valence-corrected chi connectivity index (χ4v) is 2.16. The molecule has 1 amide bonds. The van der Waals surface area contributed by atoms with Crippen LogP contribution in [0.1, 0.15) is 10.4 Å². The summed E-state index contributed by atoms with van der Waals surface area (Å²) >= 11 is 3.29. The van der Waals surface area contributed by atoms with Crippen LogP contribution in [0.2, 0.25) is 0 Å². The van der Waals surface area contributed by atoms with Gasteiger partial charge in [-0.25, -0.2) is 0 Å². The van der Waals surface area contributed by atoms with Crippen LogP contribution in [0.3, 0.4) is 0 Å². The first-order chi connectivity index (χ1) is 12.1. The molecular formula is C18H18BrNO5. The standard InChI is InChI=1S/C18H18BrNO5/c1-23-15-6-8-16(9-7-15)24-10-11-25-17(21)12-20-18(22)13-2-4-14(19)5-3-13/h2-9H,10-12H2,1H3,(H,20,22). The van der Waals surface area contributed by atoms with Crippen molar-refractivity contribution in [1.82, 2.24) is 5.32 Å². The number of esters is 1. The van der Waals surface area contributed by atoms with Gasteiger partial charge >= 0.3 is 5.97 Å². The number of carbonyl (C=O) groups is 2. The number of benzene rings is 2. The molecule has 0 fully saturated rings. The summed E-state index contributed by atoms with van der Waals surface area (Å²) in [5.74, 6) is 0.531. The Kier molecular flexibility index (Phi) is 7.28. The minimum atomic E-state index is -0.524. The molecule has 0 aromatic heterocycles. The summed E-state index contributed by atoms with van der Waals surface area (Å²) in [6, 6.07) is 13.9. The van der Waals surface area contributed by atoms with E-state index in [0.29, 0.717) is 11.3 Å². The van der Waals surface area contributed by atoms with Crippen LogP contribution < -0.4 is 14.8 Å². The van der Waals surface area contributed by atoms with E-state index >= 15 is 0 Å². The molecule has 0 unspecified atom stereocenters. The van der Waals surface area contributed by atoms with Gasteiger partial charge < -0.3 is 19.5 Å². The van der Waals surface area contributed by atoms with Gasteiger partial charge in [0.15, 0.2) is 0 Å². The molecule has 7 heteroatoms. The molecule has 0 heterocycles. The molecule has 0 saturated heterocycles. The summed E-state index contributed by atoms with van der Waals surface area (Å²) in [7, 11) is 1.59. The Morgan fingerprint density at radius 1 is 0.960 bits per heavy atom. The van der Waals surface area contributed by atoms with Crippen molar-refractivity contribution in [3.05, 3.63) is 58.6 Å². The molecule has 0 aliphatic heterocycles. The molecule has 0 saturated carbocycles. The zero-order chi connectivity index (χ0) is 18.1. The van der Waals surface area contributed by atoms with Gasteiger partial charge in [0.05, 0.1) is 7.11 Å². The lowest BCUT2D eigenvalue weighted by atomic mass is 10.2. The van der Waals surface area contributed by atoms with Crippen molar-refractivity contribution in [2.24, 2.45) is 0 Å². The molecule has 25 heavy (non-hydrogen) atoms. The monoisotopic (exact) mass is 407 g/mol. The van der Waals surface area contributed by atoms with Crippen LogP contribution in [0.4, 0.5) is 0 Å². The van der Waals surface area contributed by atoms with Gasteiger partial charge in [0.25, 0.3) is 5.91 Å². The summed E-state index contributed by atoms with van der Waals surface area (Å²) in [5, 5.41) is 2.51. The number of hydrogen-bond acceptors (Lipinski definition) is 5. The number of hydrogen-bond donors (Lipinski definition) is 1. The molecule has 2 rings (SSSR count). The van der Waals surface area contributed by atoms with Crippen LogP contribution in [0.5, 0.6) is 11.5 Å². The Morgan fingerprint density at radius 2 is 1.60 bits per heavy atom. The van der Waals surface area contributed by atoms with Crippen molar-refractivity contribution >= 4 is 27.8 Å². The molecule has 2 aromatic rings. The van der Waals surface area contributed by atoms with Crippen LogP contribution in [-0.4, -0.2) is 38.7 Å². The van der Waals surface area contributed by atoms with Crippen molar-refractivity contribution in [1.29, 1.82) is 0 Å². The van der Waals surface area contributed by atoms with E-state index in [1.807, 2.05) is 0 Å². The maximum atomic E-state index is 11.9. The molecule has 0 radical (unpaired) electrons. The highest BCUT2D eigenvalue weighted by Crippen LogP contribution is 2.16. The van der Waals surface area contributed by atoms with Gasteiger partial charge in [-0.05, 0) is 48.5 Å². The van der Waals surface area contributed by atoms with E-state index in [1.165, 1.54) is 0 Å². The lowest BCUT2D eigenvalue weighted by Gasteiger charge is -2.09. The van der Waals surface area contributed by atoms with E-state index in [9.17, 15) is 9.59 Å². The van der Waals surface area contributed by atoms with Crippen molar-refractivity contribution in [3.63, 3.8) is 0 Å². The minimum Gasteiger partial charge on any atom is -0.497 e. The Morgan fingerprint density at radius 3 is 2.24 bits per heavy atom. The second-order valence-electron chi connectivity index (χ2n) is 4.93. The Bertz CT molecular complexity index is 700. The predicted octanol–water partition coefficient (Wildman–Crippen LogP) is 2.81. The summed E-state index contributed by atoms with van der Waals surface area (Å²) in [5.41, 5.74) is 0.471. The number of rotatable bonds is 8. The van der Waals surface area contributed by atoms with Gasteiger partial charge in [0.2, 0.25) is 0 Å². The Labute approximate surface area is 154 Å². The Hall–Kier alpha value is -2.54. The van der Waals surface area contributed by atoms with Crippen LogP contribution >= 0.6 is 15.9 Å². The highest BCUT2D eigenvalue weighted by molar-refractivity contribution is 9.10. The second kappa shape index (κ2) is 9.68. The van der Waals surface area contributed by atoms with Crippen molar-refractivity contribution < 1.29 is 23.8 Å². The van der Waals surface area contributed by atoms with E-state index in [1.54, 1.807) is 55.6 Å². The van der Waals surface area contributed by atoms with E-state index in [2.05, 4.69) is 21.2 Å². The fourth-order valence-electron chi connectivity index (χ4n) is 1.89. The summed E-state index contributed by atoms with van der Waals surface area (Å²) in [6.45, 7) is 0.120. The molecule has 2 aromatic carbocycles. The largest absolute Gasteiger partial charge is 0.497 e. The lowest BCUT2D eigenvalue weighted by Crippen LogP contribution is -2.31. The first kappa shape index (κ1) is 18.8. The van der Waals surface area contributed by atoms with Crippen molar-refractivity contribution in [2.45, 2.75) is 0 Å². The van der Waals surface area contributed by atoms with Gasteiger partial charge in [0.1, 0.15) is 31.3 Å². The van der Waals surface area contributed by atoms with Gasteiger partial charge in [-0.3, -0.25) is 9.59 Å². The number of halogens is 1. The fraction of sp³-hybridized carbons (Fsp3) is 0.222. The normalized spacial score (nSPS) is 10.0. The lowest BCUT2D eigenvalue weighted by molar-refractivity contribution is -0.143. The predicted molar refractivity (Wildman–Crippen MR) is 95.9 cm³/mol. The van der Waals surface area contributed by atoms with Crippen LogP contribution in [-0.2, 0) is 9.53 Å². The molecule has 132 valence electrons. The maximum Gasteiger partial charge on any atom is 0.325 e. The summed E-state index contributed by atoms with van der Waals surface area (Å²) in [6.07, 6.45) is 0. The van der Waals surface area contributed by atoms with Gasteiger partial charge in [-0.15, -0.1) is 0 Å². The van der Waals surface area contributed by atoms with Crippen molar-refractivity contribution in [2.75, 3.05) is 26.9 Å². The highest BCUT2D eigenvalue weighted by Gasteiger charge is 2.08. The summed E-state index contributed by atoms with van der Waals surface area (Å²) < 4.78 is 16.4. The van der Waals surface area contributed by atoms with Crippen LogP contribution in [0.25, 0.3) is 0 Å². The first-order valence-electron chi connectivity index (χ1n) is 7.55. The summed E-state index contributed by atoms with van der Waals surface area (Å²) in [4.78, 5) is 23.5. The number of nitrogens with one attached hydrogen (secondary N) is 1. The van der Waals surface area contributed by atoms with Gasteiger partial charge in [-0.2, -0.15) is 0 Å². The highest BCUT2D eigenvalue weighted by atomic mass is 79.9. The third-order valence-corrected chi connectivity index (χ3v) is 3.70. The average molecular weight is 408 g/mol. The third kappa shape index (κ3) is 6.46. The number of methoxy groups -OCH3 is 1. The maximum absolute atomic E-state index is 11.9. The molecule has 0 aliphatic carbocycles. The van der Waals surface area contributed by atoms with E-state index < -0.39 is 5.97 Å². The topological polar surface area (TPSA) is 73.9 Å².